The molecule has 1 aromatic heterocycles. The minimum Gasteiger partial charge on any atom is -0.370 e. The van der Waals surface area contributed by atoms with Gasteiger partial charge in [0.05, 0.1) is 19.2 Å². The van der Waals surface area contributed by atoms with E-state index in [1.54, 1.807) is 17.3 Å². The third kappa shape index (κ3) is 4.04. The fourth-order valence-corrected chi connectivity index (χ4v) is 2.85. The monoisotopic (exact) mass is 345 g/mol. The van der Waals surface area contributed by atoms with Gasteiger partial charge < -0.3 is 15.0 Å². The van der Waals surface area contributed by atoms with Crippen molar-refractivity contribution in [2.45, 2.75) is 19.1 Å². The maximum atomic E-state index is 12.5. The molecule has 1 N–H and O–H groups in total. The van der Waals surface area contributed by atoms with E-state index >= 15 is 0 Å². The third-order valence-electron chi connectivity index (χ3n) is 4.14. The van der Waals surface area contributed by atoms with Crippen molar-refractivity contribution in [2.75, 3.05) is 19.7 Å². The Balaban J connectivity index is 1.61. The van der Waals surface area contributed by atoms with Crippen molar-refractivity contribution >= 4 is 17.6 Å². The first-order valence-electron chi connectivity index (χ1n) is 7.96. The minimum absolute atomic E-state index is 0.0719. The van der Waals surface area contributed by atoms with Crippen LogP contribution >= 0.6 is 11.6 Å². The molecule has 1 fully saturated rings. The Hall–Kier alpha value is -2.11. The molecule has 1 aromatic carbocycles. The van der Waals surface area contributed by atoms with Crippen molar-refractivity contribution in [1.29, 1.82) is 0 Å². The van der Waals surface area contributed by atoms with Crippen LogP contribution in [0.1, 0.15) is 30.2 Å². The highest BCUT2D eigenvalue weighted by Gasteiger charge is 2.26. The predicted molar refractivity (Wildman–Crippen MR) is 92.9 cm³/mol. The number of halogens is 1. The van der Waals surface area contributed by atoms with Gasteiger partial charge in [0.2, 0.25) is 0 Å². The molecule has 24 heavy (non-hydrogen) atoms. The van der Waals surface area contributed by atoms with E-state index in [2.05, 4.69) is 10.3 Å². The van der Waals surface area contributed by atoms with Gasteiger partial charge in [-0.15, -0.1) is 0 Å². The molecule has 2 amide bonds. The Morgan fingerprint density at radius 1 is 1.29 bits per heavy atom. The molecule has 2 aromatic rings. The molecule has 5 nitrogen and oxygen atoms in total. The Kier molecular flexibility index (Phi) is 5.33. The number of pyridine rings is 1. The van der Waals surface area contributed by atoms with Gasteiger partial charge in [0.15, 0.2) is 0 Å². The summed E-state index contributed by atoms with van der Waals surface area (Å²) >= 11 is 5.93. The average Bonchev–Trinajstić information content (AvgIpc) is 2.63. The fraction of sp³-hybridized carbons (Fsp3) is 0.333. The molecule has 2 heterocycles. The zero-order valence-electron chi connectivity index (χ0n) is 13.5. The number of hydrogen-bond donors (Lipinski definition) is 1. The lowest BCUT2D eigenvalue weighted by Crippen LogP contribution is -2.47. The largest absolute Gasteiger partial charge is 0.370 e. The summed E-state index contributed by atoms with van der Waals surface area (Å²) in [5.41, 5.74) is 2.06. The van der Waals surface area contributed by atoms with Crippen LogP contribution in [0.4, 0.5) is 4.79 Å². The molecule has 0 aliphatic carbocycles. The second kappa shape index (κ2) is 7.64. The van der Waals surface area contributed by atoms with E-state index in [1.165, 1.54) is 0 Å². The van der Waals surface area contributed by atoms with Crippen molar-refractivity contribution in [3.05, 3.63) is 64.9 Å². The zero-order valence-corrected chi connectivity index (χ0v) is 14.2. The van der Waals surface area contributed by atoms with Crippen LogP contribution in [-0.4, -0.2) is 35.6 Å². The number of urea groups is 1. The maximum Gasteiger partial charge on any atom is 0.318 e. The number of aromatic nitrogens is 1. The summed E-state index contributed by atoms with van der Waals surface area (Å²) in [7, 11) is 0. The molecule has 1 aliphatic heterocycles. The smallest absolute Gasteiger partial charge is 0.318 e. The molecule has 0 saturated carbocycles. The predicted octanol–water partition coefficient (Wildman–Crippen LogP) is 3.58. The van der Waals surface area contributed by atoms with E-state index in [9.17, 15) is 4.79 Å². The normalized spacial score (nSPS) is 18.9. The molecule has 0 bridgehead atoms. The maximum absolute atomic E-state index is 12.5. The van der Waals surface area contributed by atoms with Crippen molar-refractivity contribution in [3.63, 3.8) is 0 Å². The number of benzene rings is 1. The number of carbonyl (C=O) groups excluding carboxylic acids is 1. The van der Waals surface area contributed by atoms with Crippen LogP contribution in [0.15, 0.2) is 48.8 Å². The lowest BCUT2D eigenvalue weighted by molar-refractivity contribution is -0.0157. The molecule has 0 spiro atoms. The van der Waals surface area contributed by atoms with Gasteiger partial charge in [-0.05, 0) is 42.3 Å². The lowest BCUT2D eigenvalue weighted by atomic mass is 10.1. The standard InChI is InChI=1S/C18H20ClN3O2/c1-13(14-6-8-20-9-7-14)21-18(23)22-10-11-24-17(12-22)15-2-4-16(19)5-3-15/h2-9,13,17H,10-12H2,1H3,(H,21,23). The topological polar surface area (TPSA) is 54.5 Å². The summed E-state index contributed by atoms with van der Waals surface area (Å²) in [5.74, 6) is 0. The first-order valence-corrected chi connectivity index (χ1v) is 8.33. The lowest BCUT2D eigenvalue weighted by Gasteiger charge is -2.34. The first kappa shape index (κ1) is 16.7. The average molecular weight is 346 g/mol. The van der Waals surface area contributed by atoms with Gasteiger partial charge in [-0.2, -0.15) is 0 Å². The summed E-state index contributed by atoms with van der Waals surface area (Å²) < 4.78 is 5.80. The van der Waals surface area contributed by atoms with E-state index in [4.69, 9.17) is 16.3 Å². The molecule has 6 heteroatoms. The Morgan fingerprint density at radius 2 is 2.00 bits per heavy atom. The minimum atomic E-state index is -0.127. The quantitative estimate of drug-likeness (QED) is 0.925. The third-order valence-corrected chi connectivity index (χ3v) is 4.39. The molecule has 126 valence electrons. The highest BCUT2D eigenvalue weighted by atomic mass is 35.5. The number of amides is 2. The summed E-state index contributed by atoms with van der Waals surface area (Å²) in [4.78, 5) is 18.3. The van der Waals surface area contributed by atoms with Gasteiger partial charge in [0.1, 0.15) is 6.10 Å². The molecular weight excluding hydrogens is 326 g/mol. The second-order valence-corrected chi connectivity index (χ2v) is 6.25. The molecular formula is C18H20ClN3O2. The van der Waals surface area contributed by atoms with Crippen molar-refractivity contribution in [3.8, 4) is 0 Å². The summed E-state index contributed by atoms with van der Waals surface area (Å²) in [6.07, 6.45) is 3.32. The first-order chi connectivity index (χ1) is 11.6. The number of carbonyl (C=O) groups is 1. The van der Waals surface area contributed by atoms with E-state index in [1.807, 2.05) is 43.3 Å². The number of hydrogen-bond acceptors (Lipinski definition) is 3. The number of morpholine rings is 1. The van der Waals surface area contributed by atoms with Crippen LogP contribution in [0, 0.1) is 0 Å². The van der Waals surface area contributed by atoms with Gasteiger partial charge in [-0.1, -0.05) is 23.7 Å². The highest BCUT2D eigenvalue weighted by molar-refractivity contribution is 6.30. The SMILES string of the molecule is CC(NC(=O)N1CCOC(c2ccc(Cl)cc2)C1)c1ccncc1. The molecule has 0 radical (unpaired) electrons. The van der Waals surface area contributed by atoms with Crippen LogP contribution in [0.5, 0.6) is 0 Å². The zero-order chi connectivity index (χ0) is 16.9. The van der Waals surface area contributed by atoms with E-state index < -0.39 is 0 Å². The number of ether oxygens (including phenoxy) is 1. The van der Waals surface area contributed by atoms with E-state index in [-0.39, 0.29) is 18.2 Å². The van der Waals surface area contributed by atoms with Crippen molar-refractivity contribution in [1.82, 2.24) is 15.2 Å². The van der Waals surface area contributed by atoms with Gasteiger partial charge in [0, 0.05) is 24.0 Å². The fourth-order valence-electron chi connectivity index (χ4n) is 2.72. The Morgan fingerprint density at radius 3 is 2.71 bits per heavy atom. The van der Waals surface area contributed by atoms with Crippen LogP contribution in [0.2, 0.25) is 5.02 Å². The van der Waals surface area contributed by atoms with Crippen molar-refractivity contribution in [2.24, 2.45) is 0 Å². The molecule has 1 saturated heterocycles. The number of nitrogens with zero attached hydrogens (tertiary/aromatic N) is 2. The summed E-state index contributed by atoms with van der Waals surface area (Å²) in [6.45, 7) is 3.59. The van der Waals surface area contributed by atoms with Gasteiger partial charge in [-0.3, -0.25) is 4.98 Å². The van der Waals surface area contributed by atoms with Crippen molar-refractivity contribution < 1.29 is 9.53 Å². The van der Waals surface area contributed by atoms with Gasteiger partial charge in [0.25, 0.3) is 0 Å². The molecule has 1 aliphatic rings. The molecule has 2 atom stereocenters. The summed E-state index contributed by atoms with van der Waals surface area (Å²) in [6, 6.07) is 11.2. The number of rotatable bonds is 3. The van der Waals surface area contributed by atoms with Crippen LogP contribution < -0.4 is 5.32 Å². The second-order valence-electron chi connectivity index (χ2n) is 5.81. The van der Waals surface area contributed by atoms with Crippen LogP contribution in [0.3, 0.4) is 0 Å². The van der Waals surface area contributed by atoms with Gasteiger partial charge in [-0.25, -0.2) is 4.79 Å². The Labute approximate surface area is 146 Å². The van der Waals surface area contributed by atoms with Crippen LogP contribution in [0.25, 0.3) is 0 Å². The summed E-state index contributed by atoms with van der Waals surface area (Å²) in [5, 5.41) is 3.72. The highest BCUT2D eigenvalue weighted by Crippen LogP contribution is 2.24. The molecule has 2 unspecified atom stereocenters. The van der Waals surface area contributed by atoms with Crippen LogP contribution in [-0.2, 0) is 4.74 Å². The van der Waals surface area contributed by atoms with E-state index in [0.29, 0.717) is 24.7 Å². The Bertz CT molecular complexity index is 678. The van der Waals surface area contributed by atoms with E-state index in [0.717, 1.165) is 11.1 Å². The molecule has 3 rings (SSSR count). The number of nitrogens with one attached hydrogen (secondary N) is 1. The van der Waals surface area contributed by atoms with Gasteiger partial charge >= 0.3 is 6.03 Å².